The lowest BCUT2D eigenvalue weighted by molar-refractivity contribution is -0.147. The van der Waals surface area contributed by atoms with E-state index in [0.29, 0.717) is 5.75 Å². The van der Waals surface area contributed by atoms with E-state index in [9.17, 15) is 4.79 Å². The molecule has 1 aromatic rings. The van der Waals surface area contributed by atoms with E-state index in [1.54, 1.807) is 6.92 Å². The minimum absolute atomic E-state index is 0.126. The van der Waals surface area contributed by atoms with Crippen LogP contribution in [0.15, 0.2) is 18.2 Å². The predicted molar refractivity (Wildman–Crippen MR) is 68.4 cm³/mol. The number of ether oxygens (including phenoxy) is 2. The van der Waals surface area contributed by atoms with Crippen molar-refractivity contribution in [3.63, 3.8) is 0 Å². The lowest BCUT2D eigenvalue weighted by atomic mass is 9.88. The van der Waals surface area contributed by atoms with Gasteiger partial charge < -0.3 is 15.2 Å². The Morgan fingerprint density at radius 2 is 2.28 bits per heavy atom. The van der Waals surface area contributed by atoms with Crippen molar-refractivity contribution >= 4 is 5.97 Å². The van der Waals surface area contributed by atoms with Gasteiger partial charge in [0.25, 0.3) is 0 Å². The fourth-order valence-electron chi connectivity index (χ4n) is 2.32. The second-order valence-corrected chi connectivity index (χ2v) is 4.64. The number of carbonyl (C=O) groups excluding carboxylic acids is 1. The summed E-state index contributed by atoms with van der Waals surface area (Å²) in [6.45, 7) is 1.68. The summed E-state index contributed by atoms with van der Waals surface area (Å²) in [6, 6.07) is 5.97. The quantitative estimate of drug-likeness (QED) is 0.832. The molecule has 0 spiro atoms. The van der Waals surface area contributed by atoms with Crippen LogP contribution >= 0.6 is 0 Å². The highest BCUT2D eigenvalue weighted by molar-refractivity contribution is 5.74. The fraction of sp³-hybridized carbons (Fsp3) is 0.500. The highest BCUT2D eigenvalue weighted by atomic mass is 16.6. The first kappa shape index (κ1) is 12.9. The summed E-state index contributed by atoms with van der Waals surface area (Å²) in [5.41, 5.74) is 8.47. The molecular weight excluding hydrogens is 230 g/mol. The standard InChI is InChI=1S/C14H19NO3/c1-9(14(16)17-2)18-11-6-7-12-10(8-11)4-3-5-13(12)15/h6-9,13H,3-5,15H2,1-2H3. The van der Waals surface area contributed by atoms with Crippen molar-refractivity contribution < 1.29 is 14.3 Å². The van der Waals surface area contributed by atoms with Crippen LogP contribution in [0, 0.1) is 0 Å². The Morgan fingerprint density at radius 1 is 1.50 bits per heavy atom. The van der Waals surface area contributed by atoms with Crippen LogP contribution in [0.5, 0.6) is 5.75 Å². The average Bonchev–Trinajstić information content (AvgIpc) is 2.38. The van der Waals surface area contributed by atoms with Crippen LogP contribution in [-0.2, 0) is 16.0 Å². The fourth-order valence-corrected chi connectivity index (χ4v) is 2.32. The van der Waals surface area contributed by atoms with Crippen LogP contribution in [0.25, 0.3) is 0 Å². The number of hydrogen-bond acceptors (Lipinski definition) is 4. The van der Waals surface area contributed by atoms with Crippen molar-refractivity contribution in [3.05, 3.63) is 29.3 Å². The molecule has 0 saturated carbocycles. The number of nitrogens with two attached hydrogens (primary N) is 1. The Kier molecular flexibility index (Phi) is 3.87. The van der Waals surface area contributed by atoms with Gasteiger partial charge >= 0.3 is 5.97 Å². The third kappa shape index (κ3) is 2.64. The van der Waals surface area contributed by atoms with Crippen LogP contribution in [0.2, 0.25) is 0 Å². The van der Waals surface area contributed by atoms with Gasteiger partial charge in [0.1, 0.15) is 5.75 Å². The van der Waals surface area contributed by atoms with Gasteiger partial charge in [-0.1, -0.05) is 6.07 Å². The number of methoxy groups -OCH3 is 1. The van der Waals surface area contributed by atoms with Crippen molar-refractivity contribution in [1.82, 2.24) is 0 Å². The molecule has 2 N–H and O–H groups in total. The maximum absolute atomic E-state index is 11.3. The van der Waals surface area contributed by atoms with Crippen LogP contribution in [-0.4, -0.2) is 19.2 Å². The van der Waals surface area contributed by atoms with Gasteiger partial charge in [0.2, 0.25) is 0 Å². The Hall–Kier alpha value is -1.55. The molecule has 0 aromatic heterocycles. The van der Waals surface area contributed by atoms with E-state index < -0.39 is 6.10 Å². The first-order valence-electron chi connectivity index (χ1n) is 6.24. The van der Waals surface area contributed by atoms with Crippen molar-refractivity contribution in [2.45, 2.75) is 38.3 Å². The van der Waals surface area contributed by atoms with Crippen LogP contribution < -0.4 is 10.5 Å². The summed E-state index contributed by atoms with van der Waals surface area (Å²) in [5.74, 6) is 0.324. The molecular formula is C14H19NO3. The van der Waals surface area contributed by atoms with E-state index in [1.165, 1.54) is 18.2 Å². The lowest BCUT2D eigenvalue weighted by Gasteiger charge is -2.23. The summed E-state index contributed by atoms with van der Waals surface area (Å²) in [7, 11) is 1.36. The summed E-state index contributed by atoms with van der Waals surface area (Å²) >= 11 is 0. The number of rotatable bonds is 3. The molecule has 2 unspecified atom stereocenters. The SMILES string of the molecule is COC(=O)C(C)Oc1ccc2c(c1)CCCC2N. The summed E-state index contributed by atoms with van der Waals surface area (Å²) in [5, 5.41) is 0. The average molecular weight is 249 g/mol. The number of benzene rings is 1. The zero-order valence-corrected chi connectivity index (χ0v) is 10.8. The topological polar surface area (TPSA) is 61.5 Å². The molecule has 98 valence electrons. The third-order valence-electron chi connectivity index (χ3n) is 3.32. The molecule has 0 fully saturated rings. The monoisotopic (exact) mass is 249 g/mol. The van der Waals surface area contributed by atoms with E-state index >= 15 is 0 Å². The molecule has 4 heteroatoms. The van der Waals surface area contributed by atoms with E-state index in [2.05, 4.69) is 4.74 Å². The van der Waals surface area contributed by atoms with Gasteiger partial charge in [-0.2, -0.15) is 0 Å². The van der Waals surface area contributed by atoms with Gasteiger partial charge in [-0.05, 0) is 49.4 Å². The number of hydrogen-bond donors (Lipinski definition) is 1. The van der Waals surface area contributed by atoms with Crippen molar-refractivity contribution in [2.75, 3.05) is 7.11 Å². The smallest absolute Gasteiger partial charge is 0.346 e. The zero-order chi connectivity index (χ0) is 13.1. The van der Waals surface area contributed by atoms with Crippen molar-refractivity contribution in [1.29, 1.82) is 0 Å². The van der Waals surface area contributed by atoms with Crippen molar-refractivity contribution in [2.24, 2.45) is 5.73 Å². The molecule has 1 aromatic carbocycles. The number of carbonyl (C=O) groups is 1. The highest BCUT2D eigenvalue weighted by Crippen LogP contribution is 2.30. The van der Waals surface area contributed by atoms with E-state index in [0.717, 1.165) is 19.3 Å². The largest absolute Gasteiger partial charge is 0.479 e. The summed E-state index contributed by atoms with van der Waals surface area (Å²) < 4.78 is 10.2. The number of aryl methyl sites for hydroxylation is 1. The van der Waals surface area contributed by atoms with Gasteiger partial charge in [0, 0.05) is 6.04 Å². The van der Waals surface area contributed by atoms with Gasteiger partial charge in [-0.25, -0.2) is 4.79 Å². The Balaban J connectivity index is 2.14. The second kappa shape index (κ2) is 5.40. The minimum atomic E-state index is -0.592. The Morgan fingerprint density at radius 3 is 3.00 bits per heavy atom. The molecule has 1 aliphatic rings. The van der Waals surface area contributed by atoms with Gasteiger partial charge in [-0.15, -0.1) is 0 Å². The molecule has 0 saturated heterocycles. The molecule has 2 atom stereocenters. The molecule has 1 aliphatic carbocycles. The molecule has 0 bridgehead atoms. The van der Waals surface area contributed by atoms with E-state index in [4.69, 9.17) is 10.5 Å². The number of fused-ring (bicyclic) bond motifs is 1. The summed E-state index contributed by atoms with van der Waals surface area (Å²) in [4.78, 5) is 11.3. The molecule has 2 rings (SSSR count). The van der Waals surface area contributed by atoms with Crippen molar-refractivity contribution in [3.8, 4) is 5.75 Å². The van der Waals surface area contributed by atoms with Gasteiger partial charge in [0.15, 0.2) is 6.10 Å². The first-order valence-corrected chi connectivity index (χ1v) is 6.24. The summed E-state index contributed by atoms with van der Waals surface area (Å²) in [6.07, 6.45) is 2.56. The van der Waals surface area contributed by atoms with E-state index in [-0.39, 0.29) is 12.0 Å². The van der Waals surface area contributed by atoms with Gasteiger partial charge in [-0.3, -0.25) is 0 Å². The van der Waals surface area contributed by atoms with Gasteiger partial charge in [0.05, 0.1) is 7.11 Å². The van der Waals surface area contributed by atoms with Crippen LogP contribution in [0.3, 0.4) is 0 Å². The molecule has 18 heavy (non-hydrogen) atoms. The zero-order valence-electron chi connectivity index (χ0n) is 10.8. The predicted octanol–water partition coefficient (Wildman–Crippen LogP) is 1.96. The molecule has 4 nitrogen and oxygen atoms in total. The maximum Gasteiger partial charge on any atom is 0.346 e. The molecule has 0 aliphatic heterocycles. The van der Waals surface area contributed by atoms with Crippen LogP contribution in [0.4, 0.5) is 0 Å². The number of esters is 1. The highest BCUT2D eigenvalue weighted by Gasteiger charge is 2.19. The normalized spacial score (nSPS) is 19.8. The Bertz CT molecular complexity index is 445. The molecule has 0 heterocycles. The minimum Gasteiger partial charge on any atom is -0.479 e. The second-order valence-electron chi connectivity index (χ2n) is 4.64. The maximum atomic E-state index is 11.3. The van der Waals surface area contributed by atoms with E-state index in [1.807, 2.05) is 18.2 Å². The molecule has 0 radical (unpaired) electrons. The first-order chi connectivity index (χ1) is 8.61. The lowest BCUT2D eigenvalue weighted by Crippen LogP contribution is -2.25. The molecule has 0 amide bonds. The van der Waals surface area contributed by atoms with Crippen LogP contribution in [0.1, 0.15) is 36.9 Å². The Labute approximate surface area is 107 Å². The third-order valence-corrected chi connectivity index (χ3v) is 3.32.